The molecule has 17 heavy (non-hydrogen) atoms. The van der Waals surface area contributed by atoms with Crippen LogP contribution in [-0.4, -0.2) is 11.7 Å². The first kappa shape index (κ1) is 12.6. The van der Waals surface area contributed by atoms with Crippen molar-refractivity contribution >= 4 is 22.9 Å². The zero-order valence-electron chi connectivity index (χ0n) is 9.27. The highest BCUT2D eigenvalue weighted by Gasteiger charge is 2.09. The van der Waals surface area contributed by atoms with Crippen molar-refractivity contribution in [2.24, 2.45) is 0 Å². The molecule has 1 atom stereocenters. The predicted molar refractivity (Wildman–Crippen MR) is 72.4 cm³/mol. The first-order valence-corrected chi connectivity index (χ1v) is 6.67. The molecule has 0 bridgehead atoms. The summed E-state index contributed by atoms with van der Waals surface area (Å²) in [6.45, 7) is 0.806. The Bertz CT molecular complexity index is 457. The molecule has 0 aliphatic carbocycles. The van der Waals surface area contributed by atoms with Crippen LogP contribution >= 0.6 is 22.9 Å². The number of aliphatic hydroxyl groups excluding tert-OH is 1. The van der Waals surface area contributed by atoms with Crippen molar-refractivity contribution in [2.75, 3.05) is 6.61 Å². The zero-order valence-corrected chi connectivity index (χ0v) is 10.8. The van der Waals surface area contributed by atoms with Crippen LogP contribution in [0.15, 0.2) is 41.8 Å². The Morgan fingerprint density at radius 3 is 2.65 bits per heavy atom. The lowest BCUT2D eigenvalue weighted by Gasteiger charge is -2.15. The molecule has 2 nitrogen and oxygen atoms in total. The van der Waals surface area contributed by atoms with Crippen LogP contribution in [0.2, 0.25) is 5.02 Å². The number of hydrogen-bond acceptors (Lipinski definition) is 3. The van der Waals surface area contributed by atoms with Crippen molar-refractivity contribution in [1.29, 1.82) is 0 Å². The standard InChI is InChI=1S/C13H14ClNOS/c14-11-6-12(17-9-11)7-15-13(8-16)10-4-2-1-3-5-10/h1-6,9,13,15-16H,7-8H2. The predicted octanol–water partition coefficient (Wildman–Crippen LogP) is 3.22. The number of hydrogen-bond donors (Lipinski definition) is 2. The van der Waals surface area contributed by atoms with Crippen LogP contribution in [0, 0.1) is 0 Å². The van der Waals surface area contributed by atoms with Crippen LogP contribution in [0.25, 0.3) is 0 Å². The van der Waals surface area contributed by atoms with Crippen LogP contribution in [0.3, 0.4) is 0 Å². The van der Waals surface area contributed by atoms with Gasteiger partial charge in [0.25, 0.3) is 0 Å². The molecule has 0 amide bonds. The maximum atomic E-state index is 9.38. The fourth-order valence-corrected chi connectivity index (χ4v) is 2.67. The van der Waals surface area contributed by atoms with Gasteiger partial charge < -0.3 is 10.4 Å². The maximum Gasteiger partial charge on any atom is 0.0626 e. The third kappa shape index (κ3) is 3.54. The highest BCUT2D eigenvalue weighted by Crippen LogP contribution is 2.20. The number of benzene rings is 1. The molecule has 2 N–H and O–H groups in total. The fourth-order valence-electron chi connectivity index (χ4n) is 1.64. The highest BCUT2D eigenvalue weighted by atomic mass is 35.5. The smallest absolute Gasteiger partial charge is 0.0626 e. The first-order valence-electron chi connectivity index (χ1n) is 5.41. The topological polar surface area (TPSA) is 32.3 Å². The van der Waals surface area contributed by atoms with Gasteiger partial charge in [0.05, 0.1) is 17.7 Å². The summed E-state index contributed by atoms with van der Waals surface area (Å²) in [5, 5.41) is 15.4. The molecular formula is C13H14ClNOS. The molecule has 4 heteroatoms. The third-order valence-electron chi connectivity index (χ3n) is 2.53. The Hall–Kier alpha value is -0.870. The van der Waals surface area contributed by atoms with Gasteiger partial charge in [0, 0.05) is 16.8 Å². The lowest BCUT2D eigenvalue weighted by molar-refractivity contribution is 0.244. The summed E-state index contributed by atoms with van der Waals surface area (Å²) in [5.74, 6) is 0. The van der Waals surface area contributed by atoms with Crippen LogP contribution in [0.5, 0.6) is 0 Å². The van der Waals surface area contributed by atoms with Gasteiger partial charge in [0.1, 0.15) is 0 Å². The summed E-state index contributed by atoms with van der Waals surface area (Å²) in [6, 6.07) is 11.8. The number of thiophene rings is 1. The SMILES string of the molecule is OCC(NCc1cc(Cl)cs1)c1ccccc1. The summed E-state index contributed by atoms with van der Waals surface area (Å²) >= 11 is 7.48. The number of rotatable bonds is 5. The van der Waals surface area contributed by atoms with E-state index in [4.69, 9.17) is 11.6 Å². The van der Waals surface area contributed by atoms with E-state index < -0.39 is 0 Å². The molecule has 90 valence electrons. The molecule has 0 saturated carbocycles. The maximum absolute atomic E-state index is 9.38. The lowest BCUT2D eigenvalue weighted by atomic mass is 10.1. The molecule has 0 fully saturated rings. The van der Waals surface area contributed by atoms with Crippen LogP contribution < -0.4 is 5.32 Å². The van der Waals surface area contributed by atoms with Gasteiger partial charge in [-0.3, -0.25) is 0 Å². The molecule has 0 saturated heterocycles. The largest absolute Gasteiger partial charge is 0.394 e. The second-order valence-electron chi connectivity index (χ2n) is 3.76. The van der Waals surface area contributed by atoms with Crippen molar-refractivity contribution in [3.63, 3.8) is 0 Å². The van der Waals surface area contributed by atoms with Crippen LogP contribution in [0.4, 0.5) is 0 Å². The van der Waals surface area contributed by atoms with E-state index >= 15 is 0 Å². The molecule has 0 aliphatic heterocycles. The Kier molecular flexibility index (Phi) is 4.57. The zero-order chi connectivity index (χ0) is 12.1. The fraction of sp³-hybridized carbons (Fsp3) is 0.231. The van der Waals surface area contributed by atoms with E-state index in [1.54, 1.807) is 11.3 Å². The van der Waals surface area contributed by atoms with Gasteiger partial charge in [-0.25, -0.2) is 0 Å². The minimum atomic E-state index is -0.0305. The van der Waals surface area contributed by atoms with Crippen LogP contribution in [0.1, 0.15) is 16.5 Å². The van der Waals surface area contributed by atoms with Gasteiger partial charge in [-0.1, -0.05) is 41.9 Å². The molecule has 2 rings (SSSR count). The van der Waals surface area contributed by atoms with E-state index in [9.17, 15) is 5.11 Å². The summed E-state index contributed by atoms with van der Waals surface area (Å²) in [6.07, 6.45) is 0. The van der Waals surface area contributed by atoms with Gasteiger partial charge in [0.15, 0.2) is 0 Å². The average molecular weight is 268 g/mol. The van der Waals surface area contributed by atoms with Gasteiger partial charge >= 0.3 is 0 Å². The minimum Gasteiger partial charge on any atom is -0.394 e. The molecule has 1 heterocycles. The molecule has 1 aromatic carbocycles. The lowest BCUT2D eigenvalue weighted by Crippen LogP contribution is -2.23. The second kappa shape index (κ2) is 6.17. The third-order valence-corrected chi connectivity index (χ3v) is 3.81. The Morgan fingerprint density at radius 1 is 1.29 bits per heavy atom. The molecule has 1 aromatic heterocycles. The van der Waals surface area contributed by atoms with Crippen molar-refractivity contribution in [3.05, 3.63) is 57.2 Å². The van der Waals surface area contributed by atoms with Gasteiger partial charge in [-0.05, 0) is 11.6 Å². The van der Waals surface area contributed by atoms with E-state index in [-0.39, 0.29) is 12.6 Å². The molecular weight excluding hydrogens is 254 g/mol. The van der Waals surface area contributed by atoms with E-state index in [1.165, 1.54) is 4.88 Å². The average Bonchev–Trinajstić information content (AvgIpc) is 2.77. The number of aliphatic hydroxyl groups is 1. The summed E-state index contributed by atoms with van der Waals surface area (Å²) < 4.78 is 0. The van der Waals surface area contributed by atoms with Crippen molar-refractivity contribution in [2.45, 2.75) is 12.6 Å². The second-order valence-corrected chi connectivity index (χ2v) is 5.19. The highest BCUT2D eigenvalue weighted by molar-refractivity contribution is 7.10. The van der Waals surface area contributed by atoms with Crippen molar-refractivity contribution < 1.29 is 5.11 Å². The number of nitrogens with one attached hydrogen (secondary N) is 1. The minimum absolute atomic E-state index is 0.0305. The Balaban J connectivity index is 1.97. The van der Waals surface area contributed by atoms with E-state index in [2.05, 4.69) is 5.32 Å². The molecule has 0 spiro atoms. The Labute approximate surface area is 110 Å². The van der Waals surface area contributed by atoms with Crippen molar-refractivity contribution in [3.8, 4) is 0 Å². The molecule has 0 radical (unpaired) electrons. The van der Waals surface area contributed by atoms with Gasteiger partial charge in [0.2, 0.25) is 0 Å². The van der Waals surface area contributed by atoms with E-state index in [1.807, 2.05) is 41.8 Å². The quantitative estimate of drug-likeness (QED) is 0.872. The Morgan fingerprint density at radius 2 is 2.06 bits per heavy atom. The van der Waals surface area contributed by atoms with Gasteiger partial charge in [-0.15, -0.1) is 11.3 Å². The summed E-state index contributed by atoms with van der Waals surface area (Å²) in [5.41, 5.74) is 1.10. The first-order chi connectivity index (χ1) is 8.29. The normalized spacial score (nSPS) is 12.6. The molecule has 2 aromatic rings. The molecule has 1 unspecified atom stereocenters. The number of halogens is 1. The van der Waals surface area contributed by atoms with Gasteiger partial charge in [-0.2, -0.15) is 0 Å². The summed E-state index contributed by atoms with van der Waals surface area (Å²) in [4.78, 5) is 1.17. The van der Waals surface area contributed by atoms with Crippen molar-refractivity contribution in [1.82, 2.24) is 5.32 Å². The summed E-state index contributed by atoms with van der Waals surface area (Å²) in [7, 11) is 0. The monoisotopic (exact) mass is 267 g/mol. The molecule has 0 aliphatic rings. The van der Waals surface area contributed by atoms with E-state index in [0.29, 0.717) is 0 Å². The van der Waals surface area contributed by atoms with Crippen LogP contribution in [-0.2, 0) is 6.54 Å². The van der Waals surface area contributed by atoms with E-state index in [0.717, 1.165) is 17.1 Å².